The predicted octanol–water partition coefficient (Wildman–Crippen LogP) is 0.886. The van der Waals surface area contributed by atoms with Crippen LogP contribution in [-0.4, -0.2) is 35.3 Å². The molecule has 0 spiro atoms. The number of allylic oxidation sites excluding steroid dienone is 1. The zero-order chi connectivity index (χ0) is 10.9. The van der Waals surface area contributed by atoms with E-state index in [0.29, 0.717) is 6.42 Å². The van der Waals surface area contributed by atoms with Crippen LogP contribution >= 0.6 is 0 Å². The summed E-state index contributed by atoms with van der Waals surface area (Å²) in [6.07, 6.45) is 0.708. The van der Waals surface area contributed by atoms with Gasteiger partial charge in [-0.3, -0.25) is 9.59 Å². The highest BCUT2D eigenvalue weighted by atomic mass is 16.3. The van der Waals surface area contributed by atoms with E-state index < -0.39 is 0 Å². The van der Waals surface area contributed by atoms with Gasteiger partial charge in [0.1, 0.15) is 11.3 Å². The monoisotopic (exact) mass is 197 g/mol. The highest BCUT2D eigenvalue weighted by Gasteiger charge is 2.35. The normalized spacial score (nSPS) is 22.9. The molecule has 14 heavy (non-hydrogen) atoms. The van der Waals surface area contributed by atoms with Crippen molar-refractivity contribution in [3.8, 4) is 0 Å². The number of nitrogens with zero attached hydrogens (tertiary/aromatic N) is 1. The Morgan fingerprint density at radius 1 is 1.57 bits per heavy atom. The number of carbonyl (C=O) groups excluding carboxylic acids is 2. The van der Waals surface area contributed by atoms with Gasteiger partial charge >= 0.3 is 0 Å². The first-order valence-electron chi connectivity index (χ1n) is 4.70. The molecule has 0 radical (unpaired) electrons. The van der Waals surface area contributed by atoms with Gasteiger partial charge in [0.15, 0.2) is 5.78 Å². The average molecular weight is 197 g/mol. The lowest BCUT2D eigenvalue weighted by Crippen LogP contribution is -2.20. The maximum absolute atomic E-state index is 11.5. The van der Waals surface area contributed by atoms with Gasteiger partial charge in [-0.25, -0.2) is 0 Å². The van der Waals surface area contributed by atoms with Crippen LogP contribution in [0.1, 0.15) is 20.3 Å². The van der Waals surface area contributed by atoms with Crippen molar-refractivity contribution >= 4 is 11.7 Å². The average Bonchev–Trinajstić information content (AvgIpc) is 2.39. The van der Waals surface area contributed by atoms with Gasteiger partial charge in [-0.15, -0.1) is 0 Å². The van der Waals surface area contributed by atoms with Crippen molar-refractivity contribution in [1.82, 2.24) is 4.90 Å². The van der Waals surface area contributed by atoms with E-state index in [4.69, 9.17) is 0 Å². The summed E-state index contributed by atoms with van der Waals surface area (Å²) >= 11 is 0. The Kier molecular flexibility index (Phi) is 2.93. The van der Waals surface area contributed by atoms with Crippen molar-refractivity contribution in [2.45, 2.75) is 20.3 Å². The number of carbonyl (C=O) groups is 2. The third-order valence-corrected chi connectivity index (χ3v) is 2.56. The Bertz CT molecular complexity index is 306. The molecule has 1 aliphatic rings. The first-order valence-corrected chi connectivity index (χ1v) is 4.70. The smallest absolute Gasteiger partial charge is 0.261 e. The lowest BCUT2D eigenvalue weighted by atomic mass is 10.0. The minimum Gasteiger partial charge on any atom is -0.511 e. The molecule has 1 unspecified atom stereocenters. The Hall–Kier alpha value is -1.32. The van der Waals surface area contributed by atoms with Gasteiger partial charge in [0.25, 0.3) is 5.91 Å². The van der Waals surface area contributed by atoms with E-state index in [1.165, 1.54) is 4.90 Å². The first-order chi connectivity index (χ1) is 6.49. The van der Waals surface area contributed by atoms with Crippen LogP contribution in [-0.2, 0) is 9.59 Å². The van der Waals surface area contributed by atoms with Gasteiger partial charge in [-0.2, -0.15) is 0 Å². The standard InChI is InChI=1S/C10H15NO3/c1-4-6(2)9(13)8-7(12)5-11(3)10(8)14/h6,13H,4-5H2,1-3H3. The highest BCUT2D eigenvalue weighted by molar-refractivity contribution is 6.25. The second-order valence-corrected chi connectivity index (χ2v) is 3.65. The molecule has 1 aliphatic heterocycles. The SMILES string of the molecule is CCC(C)C(O)=C1C(=O)CN(C)C1=O. The zero-order valence-electron chi connectivity index (χ0n) is 8.70. The summed E-state index contributed by atoms with van der Waals surface area (Å²) in [6.45, 7) is 3.77. The van der Waals surface area contributed by atoms with Crippen LogP contribution in [0.25, 0.3) is 0 Å². The maximum atomic E-state index is 11.5. The molecule has 0 aromatic rings. The Balaban J connectivity index is 3.07. The van der Waals surface area contributed by atoms with E-state index in [9.17, 15) is 14.7 Å². The first kappa shape index (κ1) is 10.8. The molecule has 0 saturated carbocycles. The number of likely N-dealkylation sites (tertiary alicyclic amines) is 1. The molecular weight excluding hydrogens is 182 g/mol. The molecule has 1 amide bonds. The molecule has 4 nitrogen and oxygen atoms in total. The summed E-state index contributed by atoms with van der Waals surface area (Å²) < 4.78 is 0. The summed E-state index contributed by atoms with van der Waals surface area (Å²) in [6, 6.07) is 0. The molecule has 1 atom stereocenters. The van der Waals surface area contributed by atoms with Crippen molar-refractivity contribution < 1.29 is 14.7 Å². The van der Waals surface area contributed by atoms with Gasteiger partial charge in [0.05, 0.1) is 6.54 Å². The van der Waals surface area contributed by atoms with Gasteiger partial charge in [0, 0.05) is 13.0 Å². The number of ketones is 1. The topological polar surface area (TPSA) is 57.6 Å². The van der Waals surface area contributed by atoms with E-state index in [1.807, 2.05) is 6.92 Å². The van der Waals surface area contributed by atoms with Crippen molar-refractivity contribution in [2.24, 2.45) is 5.92 Å². The number of aliphatic hydroxyl groups is 1. The predicted molar refractivity (Wildman–Crippen MR) is 51.8 cm³/mol. The van der Waals surface area contributed by atoms with Crippen LogP contribution in [0.5, 0.6) is 0 Å². The van der Waals surface area contributed by atoms with Crippen molar-refractivity contribution in [3.63, 3.8) is 0 Å². The third kappa shape index (κ3) is 1.64. The second kappa shape index (κ2) is 3.82. The van der Waals surface area contributed by atoms with Crippen LogP contribution in [0, 0.1) is 5.92 Å². The minimum absolute atomic E-state index is 0.0261. The Morgan fingerprint density at radius 3 is 2.50 bits per heavy atom. The fourth-order valence-corrected chi connectivity index (χ4v) is 1.37. The molecule has 1 rings (SSSR count). The van der Waals surface area contributed by atoms with Gasteiger partial charge < -0.3 is 10.0 Å². The van der Waals surface area contributed by atoms with Crippen molar-refractivity contribution in [3.05, 3.63) is 11.3 Å². The fraction of sp³-hybridized carbons (Fsp3) is 0.600. The lowest BCUT2D eigenvalue weighted by molar-refractivity contribution is -0.123. The summed E-state index contributed by atoms with van der Waals surface area (Å²) in [5.74, 6) is -0.848. The molecule has 1 heterocycles. The molecular formula is C10H15NO3. The summed E-state index contributed by atoms with van der Waals surface area (Å²) in [5, 5.41) is 9.69. The molecule has 0 bridgehead atoms. The number of likely N-dealkylation sites (N-methyl/N-ethyl adjacent to an activating group) is 1. The number of Topliss-reactive ketones (excluding diaryl/α,β-unsaturated/α-hetero) is 1. The Labute approximate surface area is 83.2 Å². The molecule has 1 fully saturated rings. The number of hydrogen-bond donors (Lipinski definition) is 1. The van der Waals surface area contributed by atoms with Gasteiger partial charge in [-0.1, -0.05) is 13.8 Å². The molecule has 1 saturated heterocycles. The van der Waals surface area contributed by atoms with E-state index in [-0.39, 0.29) is 35.5 Å². The van der Waals surface area contributed by atoms with E-state index in [2.05, 4.69) is 0 Å². The van der Waals surface area contributed by atoms with E-state index >= 15 is 0 Å². The van der Waals surface area contributed by atoms with Crippen LogP contribution in [0.15, 0.2) is 11.3 Å². The molecule has 0 aromatic carbocycles. The second-order valence-electron chi connectivity index (χ2n) is 3.65. The largest absolute Gasteiger partial charge is 0.511 e. The molecule has 4 heteroatoms. The number of aliphatic hydroxyl groups excluding tert-OH is 1. The van der Waals surface area contributed by atoms with Crippen molar-refractivity contribution in [2.75, 3.05) is 13.6 Å². The van der Waals surface area contributed by atoms with Gasteiger partial charge in [0.2, 0.25) is 0 Å². The van der Waals surface area contributed by atoms with Crippen LogP contribution in [0.2, 0.25) is 0 Å². The quantitative estimate of drug-likeness (QED) is 0.406. The van der Waals surface area contributed by atoms with Crippen LogP contribution < -0.4 is 0 Å². The molecule has 78 valence electrons. The highest BCUT2D eigenvalue weighted by Crippen LogP contribution is 2.21. The number of amides is 1. The van der Waals surface area contributed by atoms with Crippen LogP contribution in [0.3, 0.4) is 0 Å². The van der Waals surface area contributed by atoms with Crippen LogP contribution in [0.4, 0.5) is 0 Å². The Morgan fingerprint density at radius 2 is 2.14 bits per heavy atom. The summed E-state index contributed by atoms with van der Waals surface area (Å²) in [7, 11) is 1.55. The van der Waals surface area contributed by atoms with E-state index in [0.717, 1.165) is 0 Å². The fourth-order valence-electron chi connectivity index (χ4n) is 1.37. The summed E-state index contributed by atoms with van der Waals surface area (Å²) in [4.78, 5) is 24.2. The minimum atomic E-state index is -0.368. The van der Waals surface area contributed by atoms with E-state index in [1.54, 1.807) is 14.0 Å². The number of rotatable bonds is 2. The number of hydrogen-bond acceptors (Lipinski definition) is 3. The molecule has 0 aliphatic carbocycles. The van der Waals surface area contributed by atoms with Gasteiger partial charge in [-0.05, 0) is 6.42 Å². The maximum Gasteiger partial charge on any atom is 0.261 e. The third-order valence-electron chi connectivity index (χ3n) is 2.56. The molecule has 1 N–H and O–H groups in total. The summed E-state index contributed by atoms with van der Waals surface area (Å²) in [5.41, 5.74) is -0.0261. The van der Waals surface area contributed by atoms with Crippen molar-refractivity contribution in [1.29, 1.82) is 0 Å². The molecule has 0 aromatic heterocycles. The zero-order valence-corrected chi connectivity index (χ0v) is 8.70. The lowest BCUT2D eigenvalue weighted by Gasteiger charge is -2.09.